The Bertz CT molecular complexity index is 537. The smallest absolute Gasteiger partial charge is 0.230 e. The van der Waals surface area contributed by atoms with Gasteiger partial charge >= 0.3 is 0 Å². The van der Waals surface area contributed by atoms with E-state index in [0.29, 0.717) is 10.8 Å². The zero-order valence-corrected chi connectivity index (χ0v) is 11.5. The first-order valence-electron chi connectivity index (χ1n) is 5.31. The number of nitrogens with two attached hydrogens (primary N) is 1. The van der Waals surface area contributed by atoms with Crippen LogP contribution in [0.4, 0.5) is 10.8 Å². The summed E-state index contributed by atoms with van der Waals surface area (Å²) in [5.74, 6) is -0.0859. The number of thioether (sulfide) groups is 1. The molecule has 4 nitrogen and oxygen atoms in total. The molecule has 1 aromatic heterocycles. The van der Waals surface area contributed by atoms with E-state index >= 15 is 0 Å². The van der Waals surface area contributed by atoms with Crippen LogP contribution in [-0.2, 0) is 11.2 Å². The largest absolute Gasteiger partial charge is 0.375 e. The van der Waals surface area contributed by atoms with Crippen LogP contribution in [0.3, 0.4) is 0 Å². The molecule has 1 aromatic carbocycles. The van der Waals surface area contributed by atoms with Crippen LogP contribution < -0.4 is 11.1 Å². The fraction of sp³-hybridized carbons (Fsp3) is 0.167. The van der Waals surface area contributed by atoms with Crippen molar-refractivity contribution in [3.05, 3.63) is 35.3 Å². The number of thiazole rings is 1. The Morgan fingerprint density at radius 1 is 1.44 bits per heavy atom. The second-order valence-electron chi connectivity index (χ2n) is 3.63. The van der Waals surface area contributed by atoms with Crippen LogP contribution in [0.1, 0.15) is 5.69 Å². The molecule has 2 aromatic rings. The van der Waals surface area contributed by atoms with Crippen LogP contribution in [-0.4, -0.2) is 17.1 Å². The van der Waals surface area contributed by atoms with Gasteiger partial charge in [-0.05, 0) is 30.5 Å². The van der Waals surface area contributed by atoms with E-state index in [0.717, 1.165) is 5.69 Å². The maximum Gasteiger partial charge on any atom is 0.230 e. The van der Waals surface area contributed by atoms with E-state index in [4.69, 9.17) is 5.73 Å². The van der Waals surface area contributed by atoms with E-state index in [-0.39, 0.29) is 12.3 Å². The van der Waals surface area contributed by atoms with Gasteiger partial charge in [-0.1, -0.05) is 0 Å². The van der Waals surface area contributed by atoms with Gasteiger partial charge in [-0.2, -0.15) is 0 Å². The molecule has 0 radical (unpaired) electrons. The predicted molar refractivity (Wildman–Crippen MR) is 77.1 cm³/mol. The number of hydrogen-bond acceptors (Lipinski definition) is 5. The number of anilines is 2. The van der Waals surface area contributed by atoms with Gasteiger partial charge in [0, 0.05) is 16.0 Å². The van der Waals surface area contributed by atoms with Gasteiger partial charge in [-0.15, -0.1) is 23.1 Å². The lowest BCUT2D eigenvalue weighted by atomic mass is 10.3. The maximum absolute atomic E-state index is 11.8. The van der Waals surface area contributed by atoms with Gasteiger partial charge in [-0.25, -0.2) is 4.98 Å². The third-order valence-electron chi connectivity index (χ3n) is 2.28. The molecule has 18 heavy (non-hydrogen) atoms. The standard InChI is InChI=1S/C12H13N3OS2/c1-17-10-4-2-8(3-5-10)14-11(16)6-9-7-18-12(13)15-9/h2-5,7H,6H2,1H3,(H2,13,15)(H,14,16). The highest BCUT2D eigenvalue weighted by Gasteiger charge is 2.07. The zero-order valence-electron chi connectivity index (χ0n) is 9.84. The van der Waals surface area contributed by atoms with E-state index < -0.39 is 0 Å². The first-order chi connectivity index (χ1) is 8.67. The van der Waals surface area contributed by atoms with Crippen LogP contribution >= 0.6 is 23.1 Å². The van der Waals surface area contributed by atoms with Gasteiger partial charge < -0.3 is 11.1 Å². The third kappa shape index (κ3) is 3.48. The highest BCUT2D eigenvalue weighted by molar-refractivity contribution is 7.98. The van der Waals surface area contributed by atoms with Crippen molar-refractivity contribution in [3.8, 4) is 0 Å². The summed E-state index contributed by atoms with van der Waals surface area (Å²) in [6.45, 7) is 0. The van der Waals surface area contributed by atoms with Gasteiger partial charge in [-0.3, -0.25) is 4.79 Å². The quantitative estimate of drug-likeness (QED) is 0.844. The van der Waals surface area contributed by atoms with Gasteiger partial charge in [0.1, 0.15) is 0 Å². The lowest BCUT2D eigenvalue weighted by Crippen LogP contribution is -2.14. The predicted octanol–water partition coefficient (Wildman–Crippen LogP) is 2.63. The first kappa shape index (κ1) is 12.9. The second-order valence-corrected chi connectivity index (χ2v) is 5.40. The maximum atomic E-state index is 11.8. The highest BCUT2D eigenvalue weighted by atomic mass is 32.2. The van der Waals surface area contributed by atoms with Crippen molar-refractivity contribution in [3.63, 3.8) is 0 Å². The molecule has 2 rings (SSSR count). The topological polar surface area (TPSA) is 68.0 Å². The monoisotopic (exact) mass is 279 g/mol. The normalized spacial score (nSPS) is 10.3. The summed E-state index contributed by atoms with van der Waals surface area (Å²) in [5.41, 5.74) is 7.01. The Kier molecular flexibility index (Phi) is 4.22. The molecule has 0 atom stereocenters. The molecule has 0 aliphatic heterocycles. The molecule has 0 saturated carbocycles. The number of nitrogens with one attached hydrogen (secondary N) is 1. The first-order valence-corrected chi connectivity index (χ1v) is 7.41. The van der Waals surface area contributed by atoms with Crippen molar-refractivity contribution >= 4 is 39.8 Å². The zero-order chi connectivity index (χ0) is 13.0. The Labute approximate surface area is 114 Å². The minimum Gasteiger partial charge on any atom is -0.375 e. The van der Waals surface area contributed by atoms with Crippen LogP contribution in [0.5, 0.6) is 0 Å². The van der Waals surface area contributed by atoms with E-state index in [1.165, 1.54) is 16.2 Å². The minimum atomic E-state index is -0.0859. The summed E-state index contributed by atoms with van der Waals surface area (Å²) in [5, 5.41) is 5.11. The van der Waals surface area contributed by atoms with Crippen LogP contribution in [0.2, 0.25) is 0 Å². The fourth-order valence-corrected chi connectivity index (χ4v) is 2.42. The molecule has 94 valence electrons. The molecule has 0 spiro atoms. The van der Waals surface area contributed by atoms with Gasteiger partial charge in [0.2, 0.25) is 5.91 Å². The molecule has 6 heteroatoms. The number of nitrogens with zero attached hydrogens (tertiary/aromatic N) is 1. The number of rotatable bonds is 4. The van der Waals surface area contributed by atoms with Crippen LogP contribution in [0.25, 0.3) is 0 Å². The van der Waals surface area contributed by atoms with Crippen molar-refractivity contribution in [1.82, 2.24) is 4.98 Å². The summed E-state index contributed by atoms with van der Waals surface area (Å²) >= 11 is 3.01. The molecule has 0 aliphatic rings. The molecule has 1 amide bonds. The highest BCUT2D eigenvalue weighted by Crippen LogP contribution is 2.18. The Morgan fingerprint density at radius 2 is 2.17 bits per heavy atom. The van der Waals surface area contributed by atoms with E-state index in [1.807, 2.05) is 30.5 Å². The lowest BCUT2D eigenvalue weighted by Gasteiger charge is -2.04. The average Bonchev–Trinajstić information content (AvgIpc) is 2.75. The molecule has 0 unspecified atom stereocenters. The molecule has 3 N–H and O–H groups in total. The van der Waals surface area contributed by atoms with Crippen LogP contribution in [0.15, 0.2) is 34.5 Å². The summed E-state index contributed by atoms with van der Waals surface area (Å²) in [4.78, 5) is 17.0. The summed E-state index contributed by atoms with van der Waals surface area (Å²) in [7, 11) is 0. The van der Waals surface area contributed by atoms with E-state index in [1.54, 1.807) is 17.1 Å². The number of hydrogen-bond donors (Lipinski definition) is 2. The van der Waals surface area contributed by atoms with E-state index in [9.17, 15) is 4.79 Å². The van der Waals surface area contributed by atoms with Crippen molar-refractivity contribution < 1.29 is 4.79 Å². The second kappa shape index (κ2) is 5.88. The van der Waals surface area contributed by atoms with Gasteiger partial charge in [0.15, 0.2) is 5.13 Å². The van der Waals surface area contributed by atoms with Crippen molar-refractivity contribution in [1.29, 1.82) is 0 Å². The molecule has 0 aliphatic carbocycles. The minimum absolute atomic E-state index is 0.0859. The third-order valence-corrected chi connectivity index (χ3v) is 3.75. The SMILES string of the molecule is CSc1ccc(NC(=O)Cc2csc(N)n2)cc1. The number of carbonyl (C=O) groups is 1. The molecule has 1 heterocycles. The van der Waals surface area contributed by atoms with Crippen molar-refractivity contribution in [2.24, 2.45) is 0 Å². The van der Waals surface area contributed by atoms with Crippen molar-refractivity contribution in [2.75, 3.05) is 17.3 Å². The fourth-order valence-electron chi connectivity index (χ4n) is 1.45. The molecule has 0 bridgehead atoms. The summed E-state index contributed by atoms with van der Waals surface area (Å²) in [6, 6.07) is 7.72. The Balaban J connectivity index is 1.94. The molecule has 0 saturated heterocycles. The molecule has 0 fully saturated rings. The number of amides is 1. The number of benzene rings is 1. The number of aromatic nitrogens is 1. The summed E-state index contributed by atoms with van der Waals surface area (Å²) < 4.78 is 0. The Hall–Kier alpha value is -1.53. The van der Waals surface area contributed by atoms with Gasteiger partial charge in [0.05, 0.1) is 12.1 Å². The Morgan fingerprint density at radius 3 is 2.72 bits per heavy atom. The van der Waals surface area contributed by atoms with Crippen LogP contribution in [0, 0.1) is 0 Å². The molecular weight excluding hydrogens is 266 g/mol. The summed E-state index contributed by atoms with van der Waals surface area (Å²) in [6.07, 6.45) is 2.26. The average molecular weight is 279 g/mol. The van der Waals surface area contributed by atoms with Crippen molar-refractivity contribution in [2.45, 2.75) is 11.3 Å². The number of nitrogen functional groups attached to an aromatic ring is 1. The lowest BCUT2D eigenvalue weighted by molar-refractivity contribution is -0.115. The van der Waals surface area contributed by atoms with E-state index in [2.05, 4.69) is 10.3 Å². The van der Waals surface area contributed by atoms with Gasteiger partial charge in [0.25, 0.3) is 0 Å². The number of carbonyl (C=O) groups excluding carboxylic acids is 1. The molecular formula is C12H13N3OS2.